The Morgan fingerprint density at radius 3 is 2.67 bits per heavy atom. The van der Waals surface area contributed by atoms with Gasteiger partial charge in [0, 0.05) is 8.90 Å². The SMILES string of the molecule is Fc1cc(I)cc(CCCBr)c1. The second kappa shape index (κ2) is 5.17. The van der Waals surface area contributed by atoms with Crippen LogP contribution in [0.1, 0.15) is 12.0 Å². The largest absolute Gasteiger partial charge is 0.207 e. The van der Waals surface area contributed by atoms with Gasteiger partial charge in [0.15, 0.2) is 0 Å². The van der Waals surface area contributed by atoms with Gasteiger partial charge in [0.2, 0.25) is 0 Å². The molecule has 0 spiro atoms. The zero-order chi connectivity index (χ0) is 8.97. The molecule has 0 aliphatic carbocycles. The molecular weight excluding hydrogens is 334 g/mol. The van der Waals surface area contributed by atoms with Gasteiger partial charge in [-0.2, -0.15) is 0 Å². The molecule has 3 heteroatoms. The zero-order valence-corrected chi connectivity index (χ0v) is 10.2. The average Bonchev–Trinajstić information content (AvgIpc) is 1.99. The molecule has 0 saturated heterocycles. The van der Waals surface area contributed by atoms with Crippen molar-refractivity contribution in [2.75, 3.05) is 5.33 Å². The van der Waals surface area contributed by atoms with Crippen LogP contribution in [-0.4, -0.2) is 5.33 Å². The highest BCUT2D eigenvalue weighted by molar-refractivity contribution is 14.1. The van der Waals surface area contributed by atoms with Crippen LogP contribution in [0.25, 0.3) is 0 Å². The van der Waals surface area contributed by atoms with Crippen LogP contribution in [0.5, 0.6) is 0 Å². The minimum Gasteiger partial charge on any atom is -0.207 e. The number of aryl methyl sites for hydroxylation is 1. The van der Waals surface area contributed by atoms with E-state index in [1.165, 1.54) is 6.07 Å². The second-order valence-corrected chi connectivity index (χ2v) is 4.61. The lowest BCUT2D eigenvalue weighted by Gasteiger charge is -2.00. The second-order valence-electron chi connectivity index (χ2n) is 2.57. The molecule has 12 heavy (non-hydrogen) atoms. The molecule has 0 aliphatic heterocycles. The Balaban J connectivity index is 2.72. The van der Waals surface area contributed by atoms with Crippen LogP contribution < -0.4 is 0 Å². The molecule has 1 aromatic carbocycles. The quantitative estimate of drug-likeness (QED) is 0.579. The molecule has 0 fully saturated rings. The highest BCUT2D eigenvalue weighted by Gasteiger charge is 1.97. The van der Waals surface area contributed by atoms with Gasteiger partial charge in [-0.3, -0.25) is 0 Å². The molecule has 66 valence electrons. The summed E-state index contributed by atoms with van der Waals surface area (Å²) < 4.78 is 13.8. The summed E-state index contributed by atoms with van der Waals surface area (Å²) in [6.45, 7) is 0. The molecule has 0 amide bonds. The lowest BCUT2D eigenvalue weighted by atomic mass is 10.1. The fourth-order valence-electron chi connectivity index (χ4n) is 1.03. The highest BCUT2D eigenvalue weighted by Crippen LogP contribution is 2.13. The molecule has 1 aromatic rings. The van der Waals surface area contributed by atoms with E-state index < -0.39 is 0 Å². The van der Waals surface area contributed by atoms with Crippen molar-refractivity contribution in [3.05, 3.63) is 33.1 Å². The molecule has 0 heterocycles. The van der Waals surface area contributed by atoms with Gasteiger partial charge in [-0.05, 0) is 59.2 Å². The van der Waals surface area contributed by atoms with Gasteiger partial charge < -0.3 is 0 Å². The molecule has 0 saturated carbocycles. The zero-order valence-electron chi connectivity index (χ0n) is 6.49. The summed E-state index contributed by atoms with van der Waals surface area (Å²) in [5, 5.41) is 0.972. The molecule has 0 radical (unpaired) electrons. The Morgan fingerprint density at radius 2 is 2.08 bits per heavy atom. The maximum Gasteiger partial charge on any atom is 0.124 e. The molecule has 0 bridgehead atoms. The third-order valence-corrected chi connectivity index (χ3v) is 2.70. The number of hydrogen-bond donors (Lipinski definition) is 0. The van der Waals surface area contributed by atoms with Crippen molar-refractivity contribution in [3.63, 3.8) is 0 Å². The van der Waals surface area contributed by atoms with E-state index in [4.69, 9.17) is 0 Å². The molecule has 1 rings (SSSR count). The molecule has 0 unspecified atom stereocenters. The van der Waals surface area contributed by atoms with Crippen LogP contribution in [0.2, 0.25) is 0 Å². The fourth-order valence-corrected chi connectivity index (χ4v) is 2.00. The molecular formula is C9H9BrFI. The van der Waals surface area contributed by atoms with Crippen LogP contribution in [0.4, 0.5) is 4.39 Å². The van der Waals surface area contributed by atoms with E-state index >= 15 is 0 Å². The van der Waals surface area contributed by atoms with Crippen molar-refractivity contribution in [3.8, 4) is 0 Å². The lowest BCUT2D eigenvalue weighted by molar-refractivity contribution is 0.624. The lowest BCUT2D eigenvalue weighted by Crippen LogP contribution is -1.89. The van der Waals surface area contributed by atoms with Crippen molar-refractivity contribution in [1.82, 2.24) is 0 Å². The minimum absolute atomic E-state index is 0.133. The first kappa shape index (κ1) is 10.4. The number of benzene rings is 1. The Morgan fingerprint density at radius 1 is 1.33 bits per heavy atom. The highest BCUT2D eigenvalue weighted by atomic mass is 127. The summed E-state index contributed by atoms with van der Waals surface area (Å²) in [5.74, 6) is -0.133. The summed E-state index contributed by atoms with van der Waals surface area (Å²) >= 11 is 5.48. The first-order chi connectivity index (χ1) is 5.72. The third kappa shape index (κ3) is 3.39. The fraction of sp³-hybridized carbons (Fsp3) is 0.333. The monoisotopic (exact) mass is 342 g/mol. The summed E-state index contributed by atoms with van der Waals surface area (Å²) in [4.78, 5) is 0. The topological polar surface area (TPSA) is 0 Å². The van der Waals surface area contributed by atoms with E-state index in [1.54, 1.807) is 6.07 Å². The normalized spacial score (nSPS) is 10.2. The minimum atomic E-state index is -0.133. The van der Waals surface area contributed by atoms with Gasteiger partial charge >= 0.3 is 0 Å². The van der Waals surface area contributed by atoms with E-state index in [2.05, 4.69) is 38.5 Å². The summed E-state index contributed by atoms with van der Waals surface area (Å²) in [5.41, 5.74) is 1.08. The standard InChI is InChI=1S/C9H9BrFI/c10-3-1-2-7-4-8(11)6-9(12)5-7/h4-6H,1-3H2. The van der Waals surface area contributed by atoms with E-state index in [1.807, 2.05) is 6.07 Å². The van der Waals surface area contributed by atoms with Gasteiger partial charge in [0.05, 0.1) is 0 Å². The predicted molar refractivity (Wildman–Crippen MR) is 61.2 cm³/mol. The smallest absolute Gasteiger partial charge is 0.124 e. The van der Waals surface area contributed by atoms with Gasteiger partial charge in [-0.1, -0.05) is 15.9 Å². The maximum atomic E-state index is 12.8. The van der Waals surface area contributed by atoms with E-state index in [0.29, 0.717) is 0 Å². The third-order valence-electron chi connectivity index (χ3n) is 1.52. The van der Waals surface area contributed by atoms with Gasteiger partial charge in [0.1, 0.15) is 5.82 Å². The Hall–Kier alpha value is 0.360. The molecule has 0 aromatic heterocycles. The number of rotatable bonds is 3. The number of halogens is 3. The number of alkyl halides is 1. The van der Waals surface area contributed by atoms with E-state index in [9.17, 15) is 4.39 Å². The van der Waals surface area contributed by atoms with Crippen LogP contribution in [0.3, 0.4) is 0 Å². The van der Waals surface area contributed by atoms with Crippen molar-refractivity contribution in [2.24, 2.45) is 0 Å². The van der Waals surface area contributed by atoms with Crippen LogP contribution >= 0.6 is 38.5 Å². The average molecular weight is 343 g/mol. The van der Waals surface area contributed by atoms with E-state index in [-0.39, 0.29) is 5.82 Å². The van der Waals surface area contributed by atoms with Crippen LogP contribution in [0, 0.1) is 9.39 Å². The summed E-state index contributed by atoms with van der Waals surface area (Å²) in [6.07, 6.45) is 2.00. The summed E-state index contributed by atoms with van der Waals surface area (Å²) in [7, 11) is 0. The summed E-state index contributed by atoms with van der Waals surface area (Å²) in [6, 6.07) is 5.16. The van der Waals surface area contributed by atoms with Crippen LogP contribution in [-0.2, 0) is 6.42 Å². The molecule has 0 nitrogen and oxygen atoms in total. The van der Waals surface area contributed by atoms with Crippen molar-refractivity contribution in [1.29, 1.82) is 0 Å². The predicted octanol–water partition coefficient (Wildman–Crippen LogP) is 3.76. The molecule has 0 aliphatic rings. The van der Waals surface area contributed by atoms with Gasteiger partial charge in [0.25, 0.3) is 0 Å². The first-order valence-electron chi connectivity index (χ1n) is 3.73. The maximum absolute atomic E-state index is 12.8. The first-order valence-corrected chi connectivity index (χ1v) is 5.93. The van der Waals surface area contributed by atoms with Crippen LogP contribution in [0.15, 0.2) is 18.2 Å². The Kier molecular flexibility index (Phi) is 4.50. The molecule has 0 N–H and O–H groups in total. The number of hydrogen-bond acceptors (Lipinski definition) is 0. The Bertz CT molecular complexity index is 242. The van der Waals surface area contributed by atoms with Crippen molar-refractivity contribution >= 4 is 38.5 Å². The Labute approximate surface area is 93.8 Å². The van der Waals surface area contributed by atoms with Gasteiger partial charge in [-0.25, -0.2) is 4.39 Å². The van der Waals surface area contributed by atoms with E-state index in [0.717, 1.165) is 27.3 Å². The van der Waals surface area contributed by atoms with Gasteiger partial charge in [-0.15, -0.1) is 0 Å². The molecule has 0 atom stereocenters. The van der Waals surface area contributed by atoms with Crippen molar-refractivity contribution in [2.45, 2.75) is 12.8 Å². The van der Waals surface area contributed by atoms with Crippen molar-refractivity contribution < 1.29 is 4.39 Å².